The third-order valence-electron chi connectivity index (χ3n) is 1.53. The van der Waals surface area contributed by atoms with Gasteiger partial charge in [0.25, 0.3) is 0 Å². The summed E-state index contributed by atoms with van der Waals surface area (Å²) in [4.78, 5) is 4.22. The van der Waals surface area contributed by atoms with E-state index in [1.165, 1.54) is 5.69 Å². The lowest BCUT2D eigenvalue weighted by atomic mass is 10.2. The number of hydrogen-bond acceptors (Lipinski definition) is 1. The lowest BCUT2D eigenvalue weighted by Crippen LogP contribution is -1.85. The Hall–Kier alpha value is -1.11. The summed E-state index contributed by atoms with van der Waals surface area (Å²) in [5.74, 6) is 0. The Morgan fingerprint density at radius 1 is 1.45 bits per heavy atom. The van der Waals surface area contributed by atoms with Crippen molar-refractivity contribution in [1.29, 1.82) is 0 Å². The number of aryl methyl sites for hydroxylation is 1. The zero-order valence-electron chi connectivity index (χ0n) is 6.83. The van der Waals surface area contributed by atoms with Gasteiger partial charge in [-0.25, -0.2) is 0 Å². The second kappa shape index (κ2) is 4.67. The van der Waals surface area contributed by atoms with Crippen LogP contribution in [0.25, 0.3) is 0 Å². The van der Waals surface area contributed by atoms with Crippen LogP contribution >= 0.6 is 0 Å². The van der Waals surface area contributed by atoms with E-state index in [1.54, 1.807) is 0 Å². The van der Waals surface area contributed by atoms with Gasteiger partial charge >= 0.3 is 0 Å². The number of pyridine rings is 1. The average Bonchev–Trinajstić information content (AvgIpc) is 2.07. The fourth-order valence-corrected chi connectivity index (χ4v) is 0.944. The molecule has 0 saturated carbocycles. The Kier molecular flexibility index (Phi) is 3.39. The minimum atomic E-state index is 1.05. The topological polar surface area (TPSA) is 12.9 Å². The molecule has 11 heavy (non-hydrogen) atoms. The van der Waals surface area contributed by atoms with Gasteiger partial charge in [-0.1, -0.05) is 18.2 Å². The van der Waals surface area contributed by atoms with E-state index >= 15 is 0 Å². The van der Waals surface area contributed by atoms with Gasteiger partial charge in [-0.3, -0.25) is 4.98 Å². The third-order valence-corrected chi connectivity index (χ3v) is 1.53. The van der Waals surface area contributed by atoms with E-state index in [9.17, 15) is 0 Å². The molecular formula is C10H13N. The molecule has 0 aromatic carbocycles. The summed E-state index contributed by atoms with van der Waals surface area (Å²) in [6.45, 7) is 2.04. The summed E-state index contributed by atoms with van der Waals surface area (Å²) in [6.07, 6.45) is 8.21. The van der Waals surface area contributed by atoms with E-state index < -0.39 is 0 Å². The Morgan fingerprint density at radius 3 is 3.00 bits per heavy atom. The van der Waals surface area contributed by atoms with Crippen molar-refractivity contribution in [3.8, 4) is 0 Å². The standard InChI is InChI=1S/C10H13N/c1-2-3-4-7-10-8-5-6-9-11-10/h2-3,5-6,8-9H,4,7H2,1H3/b3-2+. The molecule has 1 rings (SSSR count). The lowest BCUT2D eigenvalue weighted by molar-refractivity contribution is 0.942. The number of allylic oxidation sites excluding steroid dienone is 2. The maximum atomic E-state index is 4.22. The minimum Gasteiger partial charge on any atom is -0.261 e. The molecule has 0 amide bonds. The summed E-state index contributed by atoms with van der Waals surface area (Å²) in [6, 6.07) is 6.03. The van der Waals surface area contributed by atoms with Gasteiger partial charge in [-0.15, -0.1) is 0 Å². The highest BCUT2D eigenvalue weighted by Gasteiger charge is 1.88. The van der Waals surface area contributed by atoms with Gasteiger partial charge in [-0.05, 0) is 31.9 Å². The minimum absolute atomic E-state index is 1.05. The van der Waals surface area contributed by atoms with Gasteiger partial charge in [-0.2, -0.15) is 0 Å². The van der Waals surface area contributed by atoms with Crippen molar-refractivity contribution in [2.45, 2.75) is 19.8 Å². The van der Waals surface area contributed by atoms with Gasteiger partial charge in [0.05, 0.1) is 0 Å². The number of rotatable bonds is 3. The summed E-state index contributed by atoms with van der Waals surface area (Å²) < 4.78 is 0. The van der Waals surface area contributed by atoms with Gasteiger partial charge < -0.3 is 0 Å². The van der Waals surface area contributed by atoms with Crippen LogP contribution in [0.1, 0.15) is 19.0 Å². The molecule has 0 aliphatic rings. The molecule has 1 aromatic heterocycles. The highest BCUT2D eigenvalue weighted by atomic mass is 14.7. The molecule has 0 spiro atoms. The quantitative estimate of drug-likeness (QED) is 0.599. The molecule has 0 radical (unpaired) electrons. The summed E-state index contributed by atoms with van der Waals surface area (Å²) in [5, 5.41) is 0. The van der Waals surface area contributed by atoms with Crippen LogP contribution < -0.4 is 0 Å². The zero-order chi connectivity index (χ0) is 7.94. The molecule has 0 fully saturated rings. The number of hydrogen-bond donors (Lipinski definition) is 0. The molecule has 1 heteroatoms. The van der Waals surface area contributed by atoms with Crippen molar-refractivity contribution in [3.05, 3.63) is 42.2 Å². The van der Waals surface area contributed by atoms with Crippen molar-refractivity contribution in [1.82, 2.24) is 4.98 Å². The van der Waals surface area contributed by atoms with Crippen molar-refractivity contribution in [2.75, 3.05) is 0 Å². The van der Waals surface area contributed by atoms with E-state index in [2.05, 4.69) is 23.2 Å². The molecule has 0 unspecified atom stereocenters. The van der Waals surface area contributed by atoms with Gasteiger partial charge in [0, 0.05) is 11.9 Å². The second-order valence-electron chi connectivity index (χ2n) is 2.43. The molecule has 0 saturated heterocycles. The molecular weight excluding hydrogens is 134 g/mol. The van der Waals surface area contributed by atoms with Crippen LogP contribution in [-0.2, 0) is 6.42 Å². The van der Waals surface area contributed by atoms with Crippen LogP contribution in [0.4, 0.5) is 0 Å². The van der Waals surface area contributed by atoms with Crippen molar-refractivity contribution < 1.29 is 0 Å². The van der Waals surface area contributed by atoms with Crippen molar-refractivity contribution >= 4 is 0 Å². The zero-order valence-corrected chi connectivity index (χ0v) is 6.83. The second-order valence-corrected chi connectivity index (χ2v) is 2.43. The van der Waals surface area contributed by atoms with Crippen LogP contribution in [0.2, 0.25) is 0 Å². The van der Waals surface area contributed by atoms with Crippen molar-refractivity contribution in [2.24, 2.45) is 0 Å². The molecule has 0 N–H and O–H groups in total. The maximum Gasteiger partial charge on any atom is 0.0406 e. The molecule has 1 heterocycles. The summed E-state index contributed by atoms with van der Waals surface area (Å²) in [5.41, 5.74) is 1.17. The number of aromatic nitrogens is 1. The maximum absolute atomic E-state index is 4.22. The molecule has 0 aliphatic heterocycles. The molecule has 1 aromatic rings. The van der Waals surface area contributed by atoms with E-state index in [-0.39, 0.29) is 0 Å². The van der Waals surface area contributed by atoms with E-state index in [4.69, 9.17) is 0 Å². The SMILES string of the molecule is C/C=C/CCc1ccccn1. The van der Waals surface area contributed by atoms with Crippen LogP contribution in [0, 0.1) is 0 Å². The molecule has 0 atom stereocenters. The van der Waals surface area contributed by atoms with E-state index in [0.29, 0.717) is 0 Å². The normalized spacial score (nSPS) is 10.6. The highest BCUT2D eigenvalue weighted by Crippen LogP contribution is 1.98. The summed E-state index contributed by atoms with van der Waals surface area (Å²) >= 11 is 0. The summed E-state index contributed by atoms with van der Waals surface area (Å²) in [7, 11) is 0. The molecule has 0 aliphatic carbocycles. The fourth-order valence-electron chi connectivity index (χ4n) is 0.944. The molecule has 0 bridgehead atoms. The first-order chi connectivity index (χ1) is 5.43. The van der Waals surface area contributed by atoms with Crippen LogP contribution in [-0.4, -0.2) is 4.98 Å². The highest BCUT2D eigenvalue weighted by molar-refractivity contribution is 5.04. The van der Waals surface area contributed by atoms with E-state index in [0.717, 1.165) is 12.8 Å². The van der Waals surface area contributed by atoms with Crippen LogP contribution in [0.3, 0.4) is 0 Å². The van der Waals surface area contributed by atoms with Crippen LogP contribution in [0.5, 0.6) is 0 Å². The lowest BCUT2D eigenvalue weighted by Gasteiger charge is -1.94. The van der Waals surface area contributed by atoms with E-state index in [1.807, 2.05) is 25.3 Å². The third kappa shape index (κ3) is 2.99. The molecule has 1 nitrogen and oxygen atoms in total. The van der Waals surface area contributed by atoms with Crippen molar-refractivity contribution in [3.63, 3.8) is 0 Å². The Morgan fingerprint density at radius 2 is 2.36 bits per heavy atom. The Balaban J connectivity index is 2.39. The first kappa shape index (κ1) is 7.99. The largest absolute Gasteiger partial charge is 0.261 e. The number of nitrogens with zero attached hydrogens (tertiary/aromatic N) is 1. The Bertz CT molecular complexity index is 214. The van der Waals surface area contributed by atoms with Gasteiger partial charge in [0.2, 0.25) is 0 Å². The first-order valence-electron chi connectivity index (χ1n) is 3.94. The predicted molar refractivity (Wildman–Crippen MR) is 47.4 cm³/mol. The van der Waals surface area contributed by atoms with Gasteiger partial charge in [0.15, 0.2) is 0 Å². The smallest absolute Gasteiger partial charge is 0.0406 e. The Labute approximate surface area is 67.8 Å². The average molecular weight is 147 g/mol. The molecule has 58 valence electrons. The monoisotopic (exact) mass is 147 g/mol. The first-order valence-corrected chi connectivity index (χ1v) is 3.94. The van der Waals surface area contributed by atoms with Crippen LogP contribution in [0.15, 0.2) is 36.5 Å². The fraction of sp³-hybridized carbons (Fsp3) is 0.300. The van der Waals surface area contributed by atoms with Gasteiger partial charge in [0.1, 0.15) is 0 Å². The predicted octanol–water partition coefficient (Wildman–Crippen LogP) is 2.59.